The molecule has 1 rings (SSSR count). The predicted octanol–water partition coefficient (Wildman–Crippen LogP) is 13.1. The molecule has 1 amide bonds. The van der Waals surface area contributed by atoms with Gasteiger partial charge in [-0.15, -0.1) is 0 Å². The summed E-state index contributed by atoms with van der Waals surface area (Å²) in [4.78, 5) is 13.0. The Morgan fingerprint density at radius 3 is 1.39 bits per heavy atom. The number of aliphatic hydroxyl groups is 5. The van der Waals surface area contributed by atoms with Crippen LogP contribution in [0.15, 0.2) is 60.8 Å². The number of ether oxygens (including phenoxy) is 2. The van der Waals surface area contributed by atoms with Crippen molar-refractivity contribution in [1.82, 2.24) is 5.32 Å². The largest absolute Gasteiger partial charge is 0.394 e. The van der Waals surface area contributed by atoms with Crippen LogP contribution in [0.1, 0.15) is 239 Å². The minimum atomic E-state index is -1.57. The molecule has 0 aromatic rings. The van der Waals surface area contributed by atoms with E-state index in [9.17, 15) is 30.3 Å². The summed E-state index contributed by atoms with van der Waals surface area (Å²) in [5.74, 6) is -0.200. The van der Waals surface area contributed by atoms with Crippen LogP contribution in [0.4, 0.5) is 0 Å². The summed E-state index contributed by atoms with van der Waals surface area (Å²) in [5.41, 5.74) is 0. The average molecular weight is 930 g/mol. The second-order valence-electron chi connectivity index (χ2n) is 19.0. The van der Waals surface area contributed by atoms with Gasteiger partial charge in [-0.1, -0.05) is 235 Å². The van der Waals surface area contributed by atoms with Gasteiger partial charge in [0.2, 0.25) is 5.91 Å². The van der Waals surface area contributed by atoms with Crippen molar-refractivity contribution in [2.45, 2.75) is 281 Å². The van der Waals surface area contributed by atoms with Crippen LogP contribution >= 0.6 is 0 Å². The van der Waals surface area contributed by atoms with Crippen molar-refractivity contribution in [2.24, 2.45) is 0 Å². The van der Waals surface area contributed by atoms with Crippen LogP contribution in [-0.2, 0) is 14.3 Å². The zero-order valence-corrected chi connectivity index (χ0v) is 42.4. The molecule has 1 aliphatic heterocycles. The zero-order valence-electron chi connectivity index (χ0n) is 42.4. The summed E-state index contributed by atoms with van der Waals surface area (Å²) in [6.07, 6.45) is 55.7. The number of aliphatic hydroxyl groups excluding tert-OH is 5. The Bertz CT molecular complexity index is 1220. The summed E-state index contributed by atoms with van der Waals surface area (Å²) in [5, 5.41) is 54.4. The first-order chi connectivity index (χ1) is 32.3. The highest BCUT2D eigenvalue weighted by Gasteiger charge is 2.44. The monoisotopic (exact) mass is 930 g/mol. The van der Waals surface area contributed by atoms with Crippen molar-refractivity contribution in [1.29, 1.82) is 0 Å². The summed E-state index contributed by atoms with van der Waals surface area (Å²) in [7, 11) is 0. The van der Waals surface area contributed by atoms with Crippen LogP contribution in [0.25, 0.3) is 0 Å². The molecule has 0 bridgehead atoms. The van der Waals surface area contributed by atoms with E-state index in [0.29, 0.717) is 6.42 Å². The minimum absolute atomic E-state index is 0.200. The van der Waals surface area contributed by atoms with Gasteiger partial charge >= 0.3 is 0 Å². The number of allylic oxidation sites excluding steroid dienone is 9. The molecule has 1 heterocycles. The molecule has 1 fully saturated rings. The van der Waals surface area contributed by atoms with Crippen molar-refractivity contribution in [3.63, 3.8) is 0 Å². The smallest absolute Gasteiger partial charge is 0.220 e. The molecule has 7 unspecified atom stereocenters. The zero-order chi connectivity index (χ0) is 48.0. The van der Waals surface area contributed by atoms with Crippen molar-refractivity contribution >= 4 is 5.91 Å². The predicted molar refractivity (Wildman–Crippen MR) is 276 cm³/mol. The molecular weight excluding hydrogens is 827 g/mol. The Labute approximate surface area is 405 Å². The summed E-state index contributed by atoms with van der Waals surface area (Å²) in [6.45, 7) is 3.66. The number of carbonyl (C=O) groups excluding carboxylic acids is 1. The van der Waals surface area contributed by atoms with Gasteiger partial charge in [0.1, 0.15) is 24.4 Å². The van der Waals surface area contributed by atoms with E-state index in [1.165, 1.54) is 141 Å². The van der Waals surface area contributed by atoms with Crippen LogP contribution in [0, 0.1) is 0 Å². The van der Waals surface area contributed by atoms with Gasteiger partial charge in [0.15, 0.2) is 6.29 Å². The summed E-state index contributed by atoms with van der Waals surface area (Å²) >= 11 is 0. The van der Waals surface area contributed by atoms with Gasteiger partial charge in [-0.25, -0.2) is 0 Å². The van der Waals surface area contributed by atoms with E-state index >= 15 is 0 Å². The molecule has 9 nitrogen and oxygen atoms in total. The van der Waals surface area contributed by atoms with Crippen molar-refractivity contribution in [3.8, 4) is 0 Å². The van der Waals surface area contributed by atoms with Crippen LogP contribution in [0.2, 0.25) is 0 Å². The highest BCUT2D eigenvalue weighted by Crippen LogP contribution is 2.23. The molecule has 66 heavy (non-hydrogen) atoms. The third-order valence-corrected chi connectivity index (χ3v) is 12.8. The van der Waals surface area contributed by atoms with Crippen LogP contribution < -0.4 is 5.32 Å². The first-order valence-corrected chi connectivity index (χ1v) is 27.5. The maximum absolute atomic E-state index is 13.0. The Morgan fingerprint density at radius 2 is 0.939 bits per heavy atom. The molecule has 1 saturated heterocycles. The fourth-order valence-electron chi connectivity index (χ4n) is 8.50. The van der Waals surface area contributed by atoms with E-state index in [2.05, 4.69) is 67.8 Å². The van der Waals surface area contributed by atoms with E-state index in [1.54, 1.807) is 6.08 Å². The van der Waals surface area contributed by atoms with Gasteiger partial charge in [-0.2, -0.15) is 0 Å². The molecule has 0 aromatic carbocycles. The molecule has 0 radical (unpaired) electrons. The van der Waals surface area contributed by atoms with Gasteiger partial charge in [0, 0.05) is 6.42 Å². The molecule has 0 aliphatic carbocycles. The second kappa shape index (κ2) is 46.6. The number of nitrogens with one attached hydrogen (secondary N) is 1. The molecule has 0 saturated carbocycles. The fraction of sp³-hybridized carbons (Fsp3) is 0.807. The van der Waals surface area contributed by atoms with E-state index in [-0.39, 0.29) is 12.5 Å². The molecular formula is C57H103NO8. The molecule has 384 valence electrons. The Kier molecular flexibility index (Phi) is 43.7. The van der Waals surface area contributed by atoms with E-state index < -0.39 is 49.5 Å². The number of hydrogen-bond acceptors (Lipinski definition) is 8. The molecule has 1 aliphatic rings. The summed E-state index contributed by atoms with van der Waals surface area (Å²) in [6, 6.07) is -0.821. The number of carbonyl (C=O) groups is 1. The van der Waals surface area contributed by atoms with Gasteiger partial charge in [0.25, 0.3) is 0 Å². The third-order valence-electron chi connectivity index (χ3n) is 12.8. The number of unbranched alkanes of at least 4 members (excludes halogenated alkanes) is 28. The topological polar surface area (TPSA) is 149 Å². The third kappa shape index (κ3) is 36.0. The standard InChI is InChI=1S/C57H103NO8/c1-3-5-7-9-11-13-15-17-19-21-22-23-24-25-26-27-28-29-31-32-34-36-38-40-42-44-46-51(60)50(49-65-57-56(64)55(63)54(62)52(48-59)66-57)58-53(61)47-45-43-41-39-37-35-33-30-20-18-16-14-12-10-8-6-4-2/h6,8,12,14,18,20,33,35,44,46,50-52,54-57,59-60,62-64H,3-5,7,9-11,13,15-17,19,21-32,34,36-43,45,47-49H2,1-2H3,(H,58,61)/b8-6-,14-12-,20-18-,35-33-,46-44+. The average Bonchev–Trinajstić information content (AvgIpc) is 3.32. The van der Waals surface area contributed by atoms with Gasteiger partial charge < -0.3 is 40.3 Å². The molecule has 7 atom stereocenters. The van der Waals surface area contributed by atoms with Gasteiger partial charge in [-0.3, -0.25) is 4.79 Å². The van der Waals surface area contributed by atoms with Crippen molar-refractivity contribution in [3.05, 3.63) is 60.8 Å². The van der Waals surface area contributed by atoms with Gasteiger partial charge in [0.05, 0.1) is 25.4 Å². The molecule has 0 aromatic heterocycles. The van der Waals surface area contributed by atoms with E-state index in [1.807, 2.05) is 6.08 Å². The lowest BCUT2D eigenvalue weighted by molar-refractivity contribution is -0.302. The van der Waals surface area contributed by atoms with Crippen molar-refractivity contribution < 1.29 is 39.8 Å². The van der Waals surface area contributed by atoms with E-state index in [0.717, 1.165) is 77.0 Å². The van der Waals surface area contributed by atoms with Crippen LogP contribution in [0.5, 0.6) is 0 Å². The van der Waals surface area contributed by atoms with E-state index in [4.69, 9.17) is 9.47 Å². The maximum Gasteiger partial charge on any atom is 0.220 e. The molecule has 9 heteroatoms. The Morgan fingerprint density at radius 1 is 0.530 bits per heavy atom. The van der Waals surface area contributed by atoms with Crippen molar-refractivity contribution in [2.75, 3.05) is 13.2 Å². The minimum Gasteiger partial charge on any atom is -0.394 e. The lowest BCUT2D eigenvalue weighted by atomic mass is 9.99. The highest BCUT2D eigenvalue weighted by atomic mass is 16.7. The SMILES string of the molecule is CC/C=C\C/C=C\C/C=C\C/C=C\CCCCCCC(=O)NC(COC1OC(CO)C(O)C(O)C1O)C(O)/C=C/CCCCCCCCCCCCCCCCCCCCCCCCCC. The highest BCUT2D eigenvalue weighted by molar-refractivity contribution is 5.76. The normalized spacial score (nSPS) is 20.3. The first kappa shape index (κ1) is 61.9. The first-order valence-electron chi connectivity index (χ1n) is 27.5. The quantitative estimate of drug-likeness (QED) is 0.0261. The van der Waals surface area contributed by atoms with Crippen LogP contribution in [-0.4, -0.2) is 87.5 Å². The van der Waals surface area contributed by atoms with Gasteiger partial charge in [-0.05, 0) is 57.8 Å². The second-order valence-corrected chi connectivity index (χ2v) is 19.0. The fourth-order valence-corrected chi connectivity index (χ4v) is 8.50. The lowest BCUT2D eigenvalue weighted by Crippen LogP contribution is -2.60. The maximum atomic E-state index is 13.0. The Hall–Kier alpha value is -2.11. The summed E-state index contributed by atoms with van der Waals surface area (Å²) < 4.78 is 11.2. The molecule has 0 spiro atoms. The Balaban J connectivity index is 2.25. The number of hydrogen-bond donors (Lipinski definition) is 6. The number of amides is 1. The number of rotatable bonds is 46. The van der Waals surface area contributed by atoms with Crippen LogP contribution in [0.3, 0.4) is 0 Å². The lowest BCUT2D eigenvalue weighted by Gasteiger charge is -2.40. The molecule has 6 N–H and O–H groups in total.